The number of anilines is 1. The SMILES string of the molecule is NCCC(=O)c1cc(F)ccc1N1CCCCC1. The fourth-order valence-electron chi connectivity index (χ4n) is 2.41. The maximum absolute atomic E-state index is 13.3. The molecule has 2 rings (SSSR count). The van der Waals surface area contributed by atoms with Crippen LogP contribution >= 0.6 is 0 Å². The summed E-state index contributed by atoms with van der Waals surface area (Å²) < 4.78 is 13.3. The molecule has 1 heterocycles. The molecule has 0 bridgehead atoms. The van der Waals surface area contributed by atoms with Gasteiger partial charge in [-0.1, -0.05) is 0 Å². The third-order valence-corrected chi connectivity index (χ3v) is 3.33. The van der Waals surface area contributed by atoms with E-state index in [0.29, 0.717) is 12.1 Å². The van der Waals surface area contributed by atoms with Gasteiger partial charge in [0.2, 0.25) is 0 Å². The lowest BCUT2D eigenvalue weighted by Gasteiger charge is -2.30. The lowest BCUT2D eigenvalue weighted by molar-refractivity contribution is 0.0985. The summed E-state index contributed by atoms with van der Waals surface area (Å²) in [5.41, 5.74) is 6.74. The van der Waals surface area contributed by atoms with Crippen LogP contribution in [0, 0.1) is 5.82 Å². The van der Waals surface area contributed by atoms with E-state index in [9.17, 15) is 9.18 Å². The molecular weight excluding hydrogens is 231 g/mol. The highest BCUT2D eigenvalue weighted by atomic mass is 19.1. The molecule has 0 atom stereocenters. The standard InChI is InChI=1S/C14H19FN2O/c15-11-4-5-13(17-8-2-1-3-9-17)12(10-11)14(18)6-7-16/h4-5,10H,1-3,6-9,16H2. The summed E-state index contributed by atoms with van der Waals surface area (Å²) in [6, 6.07) is 4.47. The van der Waals surface area contributed by atoms with Crippen molar-refractivity contribution in [2.45, 2.75) is 25.7 Å². The fourth-order valence-corrected chi connectivity index (χ4v) is 2.41. The van der Waals surface area contributed by atoms with E-state index in [0.717, 1.165) is 31.6 Å². The highest BCUT2D eigenvalue weighted by molar-refractivity contribution is 6.01. The molecule has 98 valence electrons. The van der Waals surface area contributed by atoms with Gasteiger partial charge in [-0.25, -0.2) is 4.39 Å². The monoisotopic (exact) mass is 250 g/mol. The summed E-state index contributed by atoms with van der Waals surface area (Å²) in [5.74, 6) is -0.436. The first-order valence-corrected chi connectivity index (χ1v) is 6.50. The Bertz CT molecular complexity index is 428. The van der Waals surface area contributed by atoms with E-state index in [2.05, 4.69) is 4.90 Å². The number of ketones is 1. The van der Waals surface area contributed by atoms with Gasteiger partial charge in [0.05, 0.1) is 0 Å². The Hall–Kier alpha value is -1.42. The molecule has 0 radical (unpaired) electrons. The van der Waals surface area contributed by atoms with Crippen molar-refractivity contribution in [3.63, 3.8) is 0 Å². The lowest BCUT2D eigenvalue weighted by Crippen LogP contribution is -2.31. The van der Waals surface area contributed by atoms with Crippen LogP contribution in [0.15, 0.2) is 18.2 Å². The number of carbonyl (C=O) groups excluding carboxylic acids is 1. The van der Waals surface area contributed by atoms with Crippen LogP contribution in [0.4, 0.5) is 10.1 Å². The molecule has 0 saturated carbocycles. The number of Topliss-reactive ketones (excluding diaryl/α,β-unsaturated/α-hetero) is 1. The van der Waals surface area contributed by atoms with E-state index >= 15 is 0 Å². The average molecular weight is 250 g/mol. The van der Waals surface area contributed by atoms with Crippen LogP contribution in [0.2, 0.25) is 0 Å². The van der Waals surface area contributed by atoms with Crippen LogP contribution in [-0.4, -0.2) is 25.4 Å². The van der Waals surface area contributed by atoms with E-state index in [1.807, 2.05) is 0 Å². The summed E-state index contributed by atoms with van der Waals surface area (Å²) in [5, 5.41) is 0. The predicted molar refractivity (Wildman–Crippen MR) is 70.5 cm³/mol. The van der Waals surface area contributed by atoms with Crippen molar-refractivity contribution in [3.05, 3.63) is 29.6 Å². The molecule has 1 saturated heterocycles. The Morgan fingerprint density at radius 3 is 2.67 bits per heavy atom. The number of piperidine rings is 1. The zero-order valence-corrected chi connectivity index (χ0v) is 10.5. The number of hydrogen-bond donors (Lipinski definition) is 1. The van der Waals surface area contributed by atoms with Crippen LogP contribution in [0.3, 0.4) is 0 Å². The number of carbonyl (C=O) groups is 1. The summed E-state index contributed by atoms with van der Waals surface area (Å²) >= 11 is 0. The summed E-state index contributed by atoms with van der Waals surface area (Å²) in [6.45, 7) is 2.18. The zero-order chi connectivity index (χ0) is 13.0. The van der Waals surface area contributed by atoms with E-state index in [1.54, 1.807) is 6.07 Å². The predicted octanol–water partition coefficient (Wildman–Crippen LogP) is 2.35. The first-order chi connectivity index (χ1) is 8.72. The minimum absolute atomic E-state index is 0.0717. The molecule has 0 aliphatic carbocycles. The van der Waals surface area contributed by atoms with Gasteiger partial charge in [-0.15, -0.1) is 0 Å². The molecule has 0 unspecified atom stereocenters. The van der Waals surface area contributed by atoms with E-state index < -0.39 is 0 Å². The third-order valence-electron chi connectivity index (χ3n) is 3.33. The Morgan fingerprint density at radius 2 is 2.00 bits per heavy atom. The van der Waals surface area contributed by atoms with Gasteiger partial charge >= 0.3 is 0 Å². The van der Waals surface area contributed by atoms with Crippen molar-refractivity contribution in [1.82, 2.24) is 0 Å². The smallest absolute Gasteiger partial charge is 0.166 e. The molecule has 0 aromatic heterocycles. The largest absolute Gasteiger partial charge is 0.371 e. The Morgan fingerprint density at radius 1 is 1.28 bits per heavy atom. The van der Waals surface area contributed by atoms with Gasteiger partial charge in [-0.05, 0) is 44.0 Å². The highest BCUT2D eigenvalue weighted by Crippen LogP contribution is 2.26. The number of rotatable bonds is 4. The zero-order valence-electron chi connectivity index (χ0n) is 10.5. The molecule has 1 aromatic carbocycles. The highest BCUT2D eigenvalue weighted by Gasteiger charge is 2.18. The van der Waals surface area contributed by atoms with Crippen LogP contribution in [0.1, 0.15) is 36.0 Å². The molecule has 2 N–H and O–H groups in total. The van der Waals surface area contributed by atoms with Crippen molar-refractivity contribution in [1.29, 1.82) is 0 Å². The minimum atomic E-state index is -0.365. The number of hydrogen-bond acceptors (Lipinski definition) is 3. The molecule has 0 spiro atoms. The maximum atomic E-state index is 13.3. The molecule has 1 aliphatic heterocycles. The van der Waals surface area contributed by atoms with Gasteiger partial charge in [-0.2, -0.15) is 0 Å². The van der Waals surface area contributed by atoms with Crippen LogP contribution in [0.5, 0.6) is 0 Å². The van der Waals surface area contributed by atoms with Gasteiger partial charge in [0.25, 0.3) is 0 Å². The Kier molecular flexibility index (Phi) is 4.31. The number of nitrogens with two attached hydrogens (primary N) is 1. The quantitative estimate of drug-likeness (QED) is 0.834. The fraction of sp³-hybridized carbons (Fsp3) is 0.500. The first-order valence-electron chi connectivity index (χ1n) is 6.50. The van der Waals surface area contributed by atoms with Crippen molar-refractivity contribution in [3.8, 4) is 0 Å². The van der Waals surface area contributed by atoms with Gasteiger partial charge in [0.1, 0.15) is 5.82 Å². The number of nitrogens with zero attached hydrogens (tertiary/aromatic N) is 1. The molecule has 18 heavy (non-hydrogen) atoms. The second kappa shape index (κ2) is 5.96. The topological polar surface area (TPSA) is 46.3 Å². The third kappa shape index (κ3) is 2.88. The van der Waals surface area contributed by atoms with Crippen LogP contribution < -0.4 is 10.6 Å². The average Bonchev–Trinajstić information content (AvgIpc) is 2.40. The molecule has 1 aliphatic rings. The first kappa shape index (κ1) is 13.0. The van der Waals surface area contributed by atoms with Crippen LogP contribution in [-0.2, 0) is 0 Å². The van der Waals surface area contributed by atoms with Crippen molar-refractivity contribution < 1.29 is 9.18 Å². The van der Waals surface area contributed by atoms with Crippen molar-refractivity contribution in [2.75, 3.05) is 24.5 Å². The van der Waals surface area contributed by atoms with E-state index in [-0.39, 0.29) is 18.0 Å². The van der Waals surface area contributed by atoms with Gasteiger partial charge in [-0.3, -0.25) is 4.79 Å². The normalized spacial score (nSPS) is 15.8. The number of benzene rings is 1. The second-order valence-corrected chi connectivity index (χ2v) is 4.67. The molecule has 1 fully saturated rings. The second-order valence-electron chi connectivity index (χ2n) is 4.67. The molecular formula is C14H19FN2O. The van der Waals surface area contributed by atoms with Crippen LogP contribution in [0.25, 0.3) is 0 Å². The molecule has 3 nitrogen and oxygen atoms in total. The van der Waals surface area contributed by atoms with Crippen molar-refractivity contribution in [2.24, 2.45) is 5.73 Å². The Labute approximate surface area is 107 Å². The number of halogens is 1. The molecule has 1 aromatic rings. The van der Waals surface area contributed by atoms with E-state index in [1.165, 1.54) is 18.6 Å². The molecule has 0 amide bonds. The maximum Gasteiger partial charge on any atom is 0.166 e. The summed E-state index contributed by atoms with van der Waals surface area (Å²) in [4.78, 5) is 14.2. The Balaban J connectivity index is 2.30. The van der Waals surface area contributed by atoms with Gasteiger partial charge < -0.3 is 10.6 Å². The van der Waals surface area contributed by atoms with E-state index in [4.69, 9.17) is 5.73 Å². The lowest BCUT2D eigenvalue weighted by atomic mass is 10.0. The molecule has 4 heteroatoms. The minimum Gasteiger partial charge on any atom is -0.371 e. The summed E-state index contributed by atoms with van der Waals surface area (Å²) in [7, 11) is 0. The summed E-state index contributed by atoms with van der Waals surface area (Å²) in [6.07, 6.45) is 3.75. The van der Waals surface area contributed by atoms with Gasteiger partial charge in [0, 0.05) is 30.8 Å². The van der Waals surface area contributed by atoms with Crippen molar-refractivity contribution >= 4 is 11.5 Å². The van der Waals surface area contributed by atoms with Gasteiger partial charge in [0.15, 0.2) is 5.78 Å².